The molecular weight excluding hydrogens is 467 g/mol. The van der Waals surface area contributed by atoms with Gasteiger partial charge in [0.25, 0.3) is 0 Å². The molecule has 6 N–H and O–H groups in total. The van der Waals surface area contributed by atoms with Crippen LogP contribution in [0.15, 0.2) is 85.6 Å². The summed E-state index contributed by atoms with van der Waals surface area (Å²) < 4.78 is 44.5. The van der Waals surface area contributed by atoms with Crippen molar-refractivity contribution in [2.75, 3.05) is 12.4 Å². The van der Waals surface area contributed by atoms with Crippen molar-refractivity contribution in [1.82, 2.24) is 10.4 Å². The van der Waals surface area contributed by atoms with Crippen molar-refractivity contribution in [3.63, 3.8) is 0 Å². The summed E-state index contributed by atoms with van der Waals surface area (Å²) in [6.07, 6.45) is -2.70. The first kappa shape index (κ1) is 26.5. The summed E-state index contributed by atoms with van der Waals surface area (Å²) in [4.78, 5) is 4.49. The predicted octanol–water partition coefficient (Wildman–Crippen LogP) is 6.23. The number of alkyl halides is 3. The third kappa shape index (κ3) is 6.53. The number of fused-ring (bicyclic) bond motifs is 1. The highest BCUT2D eigenvalue weighted by atomic mass is 19.4. The van der Waals surface area contributed by atoms with Crippen molar-refractivity contribution < 1.29 is 17.9 Å². The van der Waals surface area contributed by atoms with Crippen molar-refractivity contribution >= 4 is 22.3 Å². The van der Waals surface area contributed by atoms with E-state index in [1.807, 2.05) is 49.4 Å². The monoisotopic (exact) mass is 495 g/mol. The number of ether oxygens (including phenoxy) is 1. The van der Waals surface area contributed by atoms with E-state index >= 15 is 0 Å². The Bertz CT molecular complexity index is 1300. The van der Waals surface area contributed by atoms with Gasteiger partial charge in [-0.3, -0.25) is 11.3 Å². The molecule has 0 saturated carbocycles. The second-order valence-corrected chi connectivity index (χ2v) is 7.94. The molecular formula is C27H28F3N5O. The van der Waals surface area contributed by atoms with Crippen LogP contribution in [0.25, 0.3) is 16.5 Å². The summed E-state index contributed by atoms with van der Waals surface area (Å²) in [6, 6.07) is 19.7. The number of nitrogens with one attached hydrogen (secondary N) is 2. The average molecular weight is 496 g/mol. The van der Waals surface area contributed by atoms with Crippen LogP contribution in [0.3, 0.4) is 0 Å². The van der Waals surface area contributed by atoms with Crippen LogP contribution in [0.2, 0.25) is 0 Å². The molecule has 188 valence electrons. The van der Waals surface area contributed by atoms with Crippen molar-refractivity contribution in [3.8, 4) is 11.5 Å². The maximum absolute atomic E-state index is 12.9. The lowest BCUT2D eigenvalue weighted by molar-refractivity contribution is -0.137. The van der Waals surface area contributed by atoms with E-state index in [0.29, 0.717) is 23.0 Å². The van der Waals surface area contributed by atoms with Crippen LogP contribution in [0.4, 0.5) is 19.0 Å². The number of nitrogens with zero attached hydrogens (tertiary/aromatic N) is 1. The topological polar surface area (TPSA) is 98.2 Å². The van der Waals surface area contributed by atoms with E-state index in [-0.39, 0.29) is 6.04 Å². The van der Waals surface area contributed by atoms with Crippen molar-refractivity contribution in [2.45, 2.75) is 19.1 Å². The van der Waals surface area contributed by atoms with E-state index in [9.17, 15) is 13.2 Å². The van der Waals surface area contributed by atoms with Crippen LogP contribution < -0.4 is 27.1 Å². The van der Waals surface area contributed by atoms with Crippen LogP contribution >= 0.6 is 0 Å². The number of halogens is 3. The SMILES string of the molecule is C=C(N)c1ccc(C(C)Nc2nccc3cccc(Oc4ccc(C(F)(F)F)cc4)c23)cc1.CNN. The Morgan fingerprint density at radius 3 is 2.22 bits per heavy atom. The molecule has 0 bridgehead atoms. The molecule has 0 aliphatic rings. The first-order chi connectivity index (χ1) is 17.1. The van der Waals surface area contributed by atoms with Crippen LogP contribution in [0.5, 0.6) is 11.5 Å². The highest BCUT2D eigenvalue weighted by Crippen LogP contribution is 2.36. The summed E-state index contributed by atoms with van der Waals surface area (Å²) in [5.74, 6) is 6.00. The molecule has 4 rings (SSSR count). The Morgan fingerprint density at radius 1 is 1.00 bits per heavy atom. The van der Waals surface area contributed by atoms with E-state index in [0.717, 1.165) is 34.0 Å². The maximum atomic E-state index is 12.9. The van der Waals surface area contributed by atoms with E-state index in [1.165, 1.54) is 12.1 Å². The first-order valence-electron chi connectivity index (χ1n) is 11.1. The fraction of sp³-hybridized carbons (Fsp3) is 0.148. The van der Waals surface area contributed by atoms with Gasteiger partial charge in [-0.2, -0.15) is 13.2 Å². The minimum Gasteiger partial charge on any atom is -0.457 e. The van der Waals surface area contributed by atoms with E-state index in [2.05, 4.69) is 28.1 Å². The van der Waals surface area contributed by atoms with E-state index in [1.54, 1.807) is 19.3 Å². The van der Waals surface area contributed by atoms with Gasteiger partial charge in [-0.25, -0.2) is 4.98 Å². The second kappa shape index (κ2) is 11.6. The maximum Gasteiger partial charge on any atom is 0.416 e. The van der Waals surface area contributed by atoms with Gasteiger partial charge in [0.2, 0.25) is 0 Å². The second-order valence-electron chi connectivity index (χ2n) is 7.94. The standard InChI is InChI=1S/C26H22F3N3O.CH6N2/c1-16(30)18-6-8-19(9-7-18)17(2)32-25-24-20(14-15-31-25)4-3-5-23(24)33-22-12-10-21(11-13-22)26(27,28)29;1-3-2/h3-15,17H,1,30H2,2H3,(H,31,32);3H,2H2,1H3. The number of hydrogen-bond donors (Lipinski definition) is 4. The molecule has 6 nitrogen and oxygen atoms in total. The van der Waals surface area contributed by atoms with Crippen molar-refractivity contribution in [1.29, 1.82) is 0 Å². The fourth-order valence-corrected chi connectivity index (χ4v) is 3.50. The molecule has 0 radical (unpaired) electrons. The smallest absolute Gasteiger partial charge is 0.416 e. The minimum atomic E-state index is -4.40. The van der Waals surface area contributed by atoms with Gasteiger partial charge in [0.05, 0.1) is 10.9 Å². The molecule has 1 unspecified atom stereocenters. The first-order valence-corrected chi connectivity index (χ1v) is 11.1. The van der Waals surface area contributed by atoms with Gasteiger partial charge in [0.15, 0.2) is 0 Å². The Kier molecular flexibility index (Phi) is 8.52. The summed E-state index contributed by atoms with van der Waals surface area (Å²) in [5.41, 5.74) is 9.66. The van der Waals surface area contributed by atoms with Crippen molar-refractivity contribution in [3.05, 3.63) is 102 Å². The molecule has 0 amide bonds. The molecule has 4 aromatic rings. The Hall–Kier alpha value is -4.08. The zero-order valence-corrected chi connectivity index (χ0v) is 19.9. The summed E-state index contributed by atoms with van der Waals surface area (Å²) in [5, 5.41) is 5.03. The van der Waals surface area contributed by atoms with Gasteiger partial charge in [0, 0.05) is 17.9 Å². The molecule has 1 atom stereocenters. The molecule has 1 aromatic heterocycles. The molecule has 1 heterocycles. The number of hydrazine groups is 1. The number of anilines is 1. The molecule has 3 aromatic carbocycles. The van der Waals surface area contributed by atoms with Crippen LogP contribution in [-0.2, 0) is 6.18 Å². The van der Waals surface area contributed by atoms with Crippen LogP contribution in [0, 0.1) is 0 Å². The highest BCUT2D eigenvalue weighted by molar-refractivity contribution is 5.97. The van der Waals surface area contributed by atoms with Gasteiger partial charge in [-0.15, -0.1) is 0 Å². The fourth-order valence-electron chi connectivity index (χ4n) is 3.50. The van der Waals surface area contributed by atoms with Gasteiger partial charge < -0.3 is 15.8 Å². The number of nitrogens with two attached hydrogens (primary N) is 2. The number of rotatable bonds is 6. The molecule has 0 aliphatic heterocycles. The van der Waals surface area contributed by atoms with Gasteiger partial charge in [-0.1, -0.05) is 43.0 Å². The molecule has 36 heavy (non-hydrogen) atoms. The Morgan fingerprint density at radius 2 is 1.64 bits per heavy atom. The number of benzene rings is 3. The largest absolute Gasteiger partial charge is 0.457 e. The minimum absolute atomic E-state index is 0.0812. The van der Waals surface area contributed by atoms with Gasteiger partial charge in [0.1, 0.15) is 17.3 Å². The van der Waals surface area contributed by atoms with E-state index < -0.39 is 11.7 Å². The average Bonchev–Trinajstić information content (AvgIpc) is 2.84. The molecule has 0 aliphatic carbocycles. The lowest BCUT2D eigenvalue weighted by Gasteiger charge is -2.18. The number of hydrogen-bond acceptors (Lipinski definition) is 6. The Balaban J connectivity index is 0.00000115. The van der Waals surface area contributed by atoms with Gasteiger partial charge >= 0.3 is 6.18 Å². The molecule has 0 spiro atoms. The van der Waals surface area contributed by atoms with Crippen LogP contribution in [-0.4, -0.2) is 12.0 Å². The van der Waals surface area contributed by atoms with Crippen LogP contribution in [0.1, 0.15) is 29.7 Å². The molecule has 9 heteroatoms. The summed E-state index contributed by atoms with van der Waals surface area (Å²) in [6.45, 7) is 5.75. The van der Waals surface area contributed by atoms with Gasteiger partial charge in [-0.05, 0) is 66.9 Å². The zero-order chi connectivity index (χ0) is 26.3. The predicted molar refractivity (Wildman–Crippen MR) is 138 cm³/mol. The third-order valence-corrected chi connectivity index (χ3v) is 5.30. The highest BCUT2D eigenvalue weighted by Gasteiger charge is 2.30. The number of pyridine rings is 1. The normalized spacial score (nSPS) is 11.8. The third-order valence-electron chi connectivity index (χ3n) is 5.30. The number of aromatic nitrogens is 1. The summed E-state index contributed by atoms with van der Waals surface area (Å²) >= 11 is 0. The lowest BCUT2D eigenvalue weighted by Crippen LogP contribution is -2.13. The lowest BCUT2D eigenvalue weighted by atomic mass is 10.0. The quantitative estimate of drug-likeness (QED) is 0.187. The molecule has 0 fully saturated rings. The summed E-state index contributed by atoms with van der Waals surface area (Å²) in [7, 11) is 1.65. The Labute approximate surface area is 207 Å². The zero-order valence-electron chi connectivity index (χ0n) is 19.9. The molecule has 0 saturated heterocycles. The van der Waals surface area contributed by atoms with E-state index in [4.69, 9.17) is 10.5 Å². The van der Waals surface area contributed by atoms with Crippen molar-refractivity contribution in [2.24, 2.45) is 11.6 Å².